The highest BCUT2D eigenvalue weighted by atomic mass is 19.4. The fourth-order valence-corrected chi connectivity index (χ4v) is 2.74. The first-order valence-corrected chi connectivity index (χ1v) is 8.07. The van der Waals surface area contributed by atoms with Crippen molar-refractivity contribution >= 4 is 0 Å². The summed E-state index contributed by atoms with van der Waals surface area (Å²) in [5.41, 5.74) is 2.25. The van der Waals surface area contributed by atoms with Crippen LogP contribution in [-0.2, 0) is 25.8 Å². The van der Waals surface area contributed by atoms with Gasteiger partial charge in [0.15, 0.2) is 0 Å². The van der Waals surface area contributed by atoms with Crippen molar-refractivity contribution in [3.63, 3.8) is 0 Å². The second kappa shape index (κ2) is 7.57. The van der Waals surface area contributed by atoms with Crippen molar-refractivity contribution < 1.29 is 13.2 Å². The van der Waals surface area contributed by atoms with Gasteiger partial charge in [-0.1, -0.05) is 42.5 Å². The average Bonchev–Trinajstić information content (AvgIpc) is 3.02. The molecule has 0 aliphatic heterocycles. The van der Waals surface area contributed by atoms with Crippen molar-refractivity contribution in [2.45, 2.75) is 25.8 Å². The molecule has 2 aromatic carbocycles. The average molecular weight is 344 g/mol. The number of benzene rings is 2. The molecule has 0 aliphatic rings. The minimum Gasteiger partial charge on any atom is -0.346 e. The van der Waals surface area contributed by atoms with Crippen LogP contribution in [0.1, 0.15) is 22.4 Å². The van der Waals surface area contributed by atoms with Gasteiger partial charge < -0.3 is 9.88 Å². The van der Waals surface area contributed by atoms with Gasteiger partial charge in [-0.15, -0.1) is 0 Å². The van der Waals surface area contributed by atoms with Crippen LogP contribution in [0.4, 0.5) is 13.2 Å². The Hall–Kier alpha value is -2.53. The smallest absolute Gasteiger partial charge is 0.346 e. The number of nitrogens with zero attached hydrogens (tertiary/aromatic N) is 1. The maximum atomic E-state index is 12.8. The standard InChI is InChI=1S/C20H19F3N2/c21-20(22,23)18-9-4-8-17(12-18)15-25-11-5-10-19(25)14-24-13-16-6-2-1-3-7-16/h1-12,24H,13-15H2. The van der Waals surface area contributed by atoms with E-state index in [9.17, 15) is 13.2 Å². The van der Waals surface area contributed by atoms with Crippen molar-refractivity contribution in [1.29, 1.82) is 0 Å². The summed E-state index contributed by atoms with van der Waals surface area (Å²) in [7, 11) is 0. The van der Waals surface area contributed by atoms with Crippen LogP contribution in [-0.4, -0.2) is 4.57 Å². The van der Waals surface area contributed by atoms with E-state index in [1.54, 1.807) is 6.07 Å². The third-order valence-electron chi connectivity index (χ3n) is 4.01. The van der Waals surface area contributed by atoms with E-state index >= 15 is 0 Å². The molecule has 0 bridgehead atoms. The van der Waals surface area contributed by atoms with Gasteiger partial charge in [-0.25, -0.2) is 0 Å². The molecule has 0 saturated carbocycles. The second-order valence-corrected chi connectivity index (χ2v) is 5.91. The van der Waals surface area contributed by atoms with E-state index in [1.807, 2.05) is 41.1 Å². The Bertz CT molecular complexity index is 807. The molecule has 3 aromatic rings. The van der Waals surface area contributed by atoms with Crippen molar-refractivity contribution in [2.24, 2.45) is 0 Å². The summed E-state index contributed by atoms with van der Waals surface area (Å²) in [5.74, 6) is 0. The molecular weight excluding hydrogens is 325 g/mol. The van der Waals surface area contributed by atoms with Gasteiger partial charge in [0.1, 0.15) is 0 Å². The molecule has 0 unspecified atom stereocenters. The third kappa shape index (κ3) is 4.73. The van der Waals surface area contributed by atoms with Crippen LogP contribution in [0.3, 0.4) is 0 Å². The van der Waals surface area contributed by atoms with Crippen LogP contribution in [0.15, 0.2) is 72.9 Å². The molecule has 1 N–H and O–H groups in total. The first kappa shape index (κ1) is 17.3. The number of hydrogen-bond acceptors (Lipinski definition) is 1. The lowest BCUT2D eigenvalue weighted by molar-refractivity contribution is -0.137. The fourth-order valence-electron chi connectivity index (χ4n) is 2.74. The Labute approximate surface area is 144 Å². The van der Waals surface area contributed by atoms with Crippen LogP contribution in [0.25, 0.3) is 0 Å². The zero-order chi connectivity index (χ0) is 17.7. The molecule has 0 aliphatic carbocycles. The van der Waals surface area contributed by atoms with Gasteiger partial charge in [-0.2, -0.15) is 13.2 Å². The van der Waals surface area contributed by atoms with Crippen molar-refractivity contribution in [3.05, 3.63) is 95.3 Å². The highest BCUT2D eigenvalue weighted by molar-refractivity contribution is 5.26. The molecule has 1 heterocycles. The van der Waals surface area contributed by atoms with Crippen LogP contribution in [0, 0.1) is 0 Å². The van der Waals surface area contributed by atoms with Gasteiger partial charge in [-0.05, 0) is 35.4 Å². The number of nitrogens with one attached hydrogen (secondary N) is 1. The van der Waals surface area contributed by atoms with Crippen LogP contribution < -0.4 is 5.32 Å². The van der Waals surface area contributed by atoms with Gasteiger partial charge >= 0.3 is 6.18 Å². The van der Waals surface area contributed by atoms with E-state index in [4.69, 9.17) is 0 Å². The van der Waals surface area contributed by atoms with E-state index in [-0.39, 0.29) is 0 Å². The number of aromatic nitrogens is 1. The Balaban J connectivity index is 1.64. The van der Waals surface area contributed by atoms with Crippen LogP contribution in [0.5, 0.6) is 0 Å². The number of hydrogen-bond donors (Lipinski definition) is 1. The lowest BCUT2D eigenvalue weighted by atomic mass is 10.1. The van der Waals surface area contributed by atoms with E-state index in [0.29, 0.717) is 18.7 Å². The highest BCUT2D eigenvalue weighted by Crippen LogP contribution is 2.29. The van der Waals surface area contributed by atoms with Crippen molar-refractivity contribution in [2.75, 3.05) is 0 Å². The molecule has 0 atom stereocenters. The summed E-state index contributed by atoms with van der Waals surface area (Å²) in [6.07, 6.45) is -2.42. The normalized spacial score (nSPS) is 11.6. The highest BCUT2D eigenvalue weighted by Gasteiger charge is 2.30. The minimum atomic E-state index is -4.31. The molecule has 5 heteroatoms. The van der Waals surface area contributed by atoms with Crippen molar-refractivity contribution in [1.82, 2.24) is 9.88 Å². The molecule has 0 spiro atoms. The number of alkyl halides is 3. The van der Waals surface area contributed by atoms with Crippen molar-refractivity contribution in [3.8, 4) is 0 Å². The first-order chi connectivity index (χ1) is 12.0. The van der Waals surface area contributed by atoms with Gasteiger partial charge in [-0.3, -0.25) is 0 Å². The lowest BCUT2D eigenvalue weighted by Gasteiger charge is -2.12. The van der Waals surface area contributed by atoms with Gasteiger partial charge in [0.2, 0.25) is 0 Å². The summed E-state index contributed by atoms with van der Waals surface area (Å²) >= 11 is 0. The number of halogens is 3. The van der Waals surface area contributed by atoms with E-state index in [2.05, 4.69) is 17.4 Å². The largest absolute Gasteiger partial charge is 0.416 e. The number of rotatable bonds is 6. The zero-order valence-corrected chi connectivity index (χ0v) is 13.6. The molecule has 0 saturated heterocycles. The second-order valence-electron chi connectivity index (χ2n) is 5.91. The quantitative estimate of drug-likeness (QED) is 0.677. The molecule has 0 radical (unpaired) electrons. The first-order valence-electron chi connectivity index (χ1n) is 8.07. The Morgan fingerprint density at radius 3 is 2.32 bits per heavy atom. The predicted octanol–water partition coefficient (Wildman–Crippen LogP) is 4.85. The fraction of sp³-hybridized carbons (Fsp3) is 0.200. The third-order valence-corrected chi connectivity index (χ3v) is 4.01. The Morgan fingerprint density at radius 2 is 1.56 bits per heavy atom. The summed E-state index contributed by atoms with van der Waals surface area (Å²) < 4.78 is 40.5. The molecule has 130 valence electrons. The van der Waals surface area contributed by atoms with E-state index in [0.717, 1.165) is 18.3 Å². The van der Waals surface area contributed by atoms with Crippen LogP contribution in [0.2, 0.25) is 0 Å². The molecule has 2 nitrogen and oxygen atoms in total. The summed E-state index contributed by atoms with van der Waals surface area (Å²) in [4.78, 5) is 0. The van der Waals surface area contributed by atoms with Gasteiger partial charge in [0.05, 0.1) is 5.56 Å². The lowest BCUT2D eigenvalue weighted by Crippen LogP contribution is -2.16. The molecule has 1 aromatic heterocycles. The molecule has 0 amide bonds. The molecule has 25 heavy (non-hydrogen) atoms. The Morgan fingerprint density at radius 1 is 0.800 bits per heavy atom. The summed E-state index contributed by atoms with van der Waals surface area (Å²) in [6, 6.07) is 19.4. The Kier molecular flexibility index (Phi) is 5.24. The monoisotopic (exact) mass is 344 g/mol. The van der Waals surface area contributed by atoms with E-state index < -0.39 is 11.7 Å². The summed E-state index contributed by atoms with van der Waals surface area (Å²) in [5, 5.41) is 3.37. The maximum Gasteiger partial charge on any atom is 0.416 e. The molecule has 0 fully saturated rings. The van der Waals surface area contributed by atoms with Crippen LogP contribution >= 0.6 is 0 Å². The van der Waals surface area contributed by atoms with E-state index in [1.165, 1.54) is 17.7 Å². The van der Waals surface area contributed by atoms with Gasteiger partial charge in [0.25, 0.3) is 0 Å². The zero-order valence-electron chi connectivity index (χ0n) is 13.6. The maximum absolute atomic E-state index is 12.8. The summed E-state index contributed by atoms with van der Waals surface area (Å²) in [6.45, 7) is 1.82. The SMILES string of the molecule is FC(F)(F)c1cccc(Cn2cccc2CNCc2ccccc2)c1. The van der Waals surface area contributed by atoms with Gasteiger partial charge in [0, 0.05) is 31.5 Å². The minimum absolute atomic E-state index is 0.416. The topological polar surface area (TPSA) is 17.0 Å². The molecule has 3 rings (SSSR count). The predicted molar refractivity (Wildman–Crippen MR) is 92.0 cm³/mol. The molecular formula is C20H19F3N2.